The maximum absolute atomic E-state index is 5.96. The molecule has 5 heteroatoms. The van der Waals surface area contributed by atoms with E-state index in [1.54, 1.807) is 29.8 Å². The van der Waals surface area contributed by atoms with Gasteiger partial charge >= 0.3 is 0 Å². The number of hydrogen-bond donors (Lipinski definition) is 0. The zero-order valence-electron chi connectivity index (χ0n) is 10.9. The Morgan fingerprint density at radius 3 is 2.11 bits per heavy atom. The lowest BCUT2D eigenvalue weighted by atomic mass is 10.1. The van der Waals surface area contributed by atoms with Crippen LogP contribution in [0.3, 0.4) is 0 Å². The maximum Gasteiger partial charge on any atom is 0.109 e. The van der Waals surface area contributed by atoms with Crippen molar-refractivity contribution in [2.75, 3.05) is 33.5 Å². The lowest BCUT2D eigenvalue weighted by Crippen LogP contribution is -2.12. The van der Waals surface area contributed by atoms with Gasteiger partial charge in [0, 0.05) is 7.11 Å². The van der Waals surface area contributed by atoms with Gasteiger partial charge in [-0.05, 0) is 44.8 Å². The Bertz CT molecular complexity index is 391. The van der Waals surface area contributed by atoms with E-state index in [1.165, 1.54) is 11.1 Å². The second-order valence-corrected chi connectivity index (χ2v) is 5.53. The van der Waals surface area contributed by atoms with Gasteiger partial charge in [0.25, 0.3) is 0 Å². The lowest BCUT2D eigenvalue weighted by molar-refractivity contribution is 0.00544. The Balaban J connectivity index is 1.82. The van der Waals surface area contributed by atoms with Crippen molar-refractivity contribution < 1.29 is 14.2 Å². The summed E-state index contributed by atoms with van der Waals surface area (Å²) in [5.74, 6) is 0. The average molecular weight is 298 g/mol. The minimum absolute atomic E-state index is 0.0172. The summed E-state index contributed by atoms with van der Waals surface area (Å²) in [6, 6.07) is 4.22. The quantitative estimate of drug-likeness (QED) is 0.662. The fraction of sp³-hybridized carbons (Fsp3) is 0.429. The summed E-state index contributed by atoms with van der Waals surface area (Å²) < 4.78 is 16.3. The van der Waals surface area contributed by atoms with Crippen molar-refractivity contribution in [2.45, 2.75) is 6.10 Å². The number of rotatable bonds is 9. The average Bonchev–Trinajstić information content (AvgIpc) is 3.11. The Morgan fingerprint density at radius 1 is 0.947 bits per heavy atom. The smallest absolute Gasteiger partial charge is 0.109 e. The summed E-state index contributed by atoms with van der Waals surface area (Å²) in [6.45, 7) is 2.41. The molecule has 2 rings (SSSR count). The molecule has 0 aliphatic heterocycles. The molecule has 0 amide bonds. The summed E-state index contributed by atoms with van der Waals surface area (Å²) in [4.78, 5) is 0. The highest BCUT2D eigenvalue weighted by molar-refractivity contribution is 7.08. The van der Waals surface area contributed by atoms with E-state index in [4.69, 9.17) is 14.2 Å². The first-order valence-electron chi connectivity index (χ1n) is 6.14. The van der Waals surface area contributed by atoms with E-state index in [1.807, 2.05) is 0 Å². The Labute approximate surface area is 121 Å². The van der Waals surface area contributed by atoms with E-state index in [-0.39, 0.29) is 6.10 Å². The van der Waals surface area contributed by atoms with Crippen molar-refractivity contribution >= 4 is 22.7 Å². The van der Waals surface area contributed by atoms with E-state index >= 15 is 0 Å². The number of thiophene rings is 2. The summed E-state index contributed by atoms with van der Waals surface area (Å²) in [7, 11) is 1.67. The molecule has 19 heavy (non-hydrogen) atoms. The minimum Gasteiger partial charge on any atom is -0.382 e. The van der Waals surface area contributed by atoms with Gasteiger partial charge in [-0.1, -0.05) is 0 Å². The van der Waals surface area contributed by atoms with Crippen LogP contribution in [0.15, 0.2) is 33.7 Å². The SMILES string of the molecule is COCCOCCOC(c1ccsc1)c1ccsc1. The molecule has 0 saturated carbocycles. The van der Waals surface area contributed by atoms with Gasteiger partial charge in [0.05, 0.1) is 26.4 Å². The third-order valence-corrected chi connectivity index (χ3v) is 4.04. The molecular formula is C14H18O3S2. The monoisotopic (exact) mass is 298 g/mol. The molecule has 2 aromatic rings. The summed E-state index contributed by atoms with van der Waals surface area (Å²) in [5, 5.41) is 8.42. The van der Waals surface area contributed by atoms with Crippen LogP contribution in [0.5, 0.6) is 0 Å². The van der Waals surface area contributed by atoms with Gasteiger partial charge in [-0.2, -0.15) is 22.7 Å². The number of hydrogen-bond acceptors (Lipinski definition) is 5. The Hall–Kier alpha value is -0.720. The first-order chi connectivity index (χ1) is 9.42. The highest BCUT2D eigenvalue weighted by atomic mass is 32.1. The van der Waals surface area contributed by atoms with Crippen LogP contribution in [0, 0.1) is 0 Å². The van der Waals surface area contributed by atoms with Gasteiger partial charge in [-0.3, -0.25) is 0 Å². The van der Waals surface area contributed by atoms with Gasteiger partial charge < -0.3 is 14.2 Å². The van der Waals surface area contributed by atoms with Gasteiger partial charge in [-0.25, -0.2) is 0 Å². The zero-order chi connectivity index (χ0) is 13.3. The third-order valence-electron chi connectivity index (χ3n) is 2.64. The Morgan fingerprint density at radius 2 is 1.58 bits per heavy atom. The van der Waals surface area contributed by atoms with Crippen LogP contribution in [-0.2, 0) is 14.2 Å². The molecule has 0 spiro atoms. The molecular weight excluding hydrogens is 280 g/mol. The molecule has 0 saturated heterocycles. The highest BCUT2D eigenvalue weighted by Crippen LogP contribution is 2.29. The fourth-order valence-corrected chi connectivity index (χ4v) is 3.05. The first kappa shape index (κ1) is 14.7. The van der Waals surface area contributed by atoms with Crippen LogP contribution in [0.4, 0.5) is 0 Å². The van der Waals surface area contributed by atoms with Gasteiger partial charge in [0.1, 0.15) is 6.10 Å². The van der Waals surface area contributed by atoms with Crippen LogP contribution >= 0.6 is 22.7 Å². The molecule has 0 radical (unpaired) electrons. The maximum atomic E-state index is 5.96. The summed E-state index contributed by atoms with van der Waals surface area (Å²) in [6.07, 6.45) is 0.0172. The topological polar surface area (TPSA) is 27.7 Å². The van der Waals surface area contributed by atoms with E-state index < -0.39 is 0 Å². The molecule has 0 atom stereocenters. The predicted octanol–water partition coefficient (Wildman–Crippen LogP) is 3.58. The molecule has 0 aliphatic rings. The standard InChI is InChI=1S/C14H18O3S2/c1-15-4-5-16-6-7-17-14(12-2-8-18-10-12)13-3-9-19-11-13/h2-3,8-11,14H,4-7H2,1H3. The molecule has 0 aromatic carbocycles. The van der Waals surface area contributed by atoms with Gasteiger partial charge in [-0.15, -0.1) is 0 Å². The Kier molecular flexibility index (Phi) is 6.53. The molecule has 0 bridgehead atoms. The number of methoxy groups -OCH3 is 1. The van der Waals surface area contributed by atoms with Crippen molar-refractivity contribution in [2.24, 2.45) is 0 Å². The second-order valence-electron chi connectivity index (χ2n) is 3.97. The second kappa shape index (κ2) is 8.45. The van der Waals surface area contributed by atoms with Crippen molar-refractivity contribution in [1.82, 2.24) is 0 Å². The van der Waals surface area contributed by atoms with Crippen LogP contribution in [0.1, 0.15) is 17.2 Å². The van der Waals surface area contributed by atoms with E-state index in [0.29, 0.717) is 26.4 Å². The molecule has 0 fully saturated rings. The van der Waals surface area contributed by atoms with E-state index in [9.17, 15) is 0 Å². The normalized spacial score (nSPS) is 11.3. The summed E-state index contributed by atoms with van der Waals surface area (Å²) in [5.41, 5.74) is 2.42. The van der Waals surface area contributed by atoms with Gasteiger partial charge in [0.2, 0.25) is 0 Å². The van der Waals surface area contributed by atoms with Crippen molar-refractivity contribution in [1.29, 1.82) is 0 Å². The van der Waals surface area contributed by atoms with Crippen LogP contribution in [-0.4, -0.2) is 33.5 Å². The van der Waals surface area contributed by atoms with Crippen molar-refractivity contribution in [3.63, 3.8) is 0 Å². The molecule has 104 valence electrons. The zero-order valence-corrected chi connectivity index (χ0v) is 12.5. The molecule has 0 unspecified atom stereocenters. The highest BCUT2D eigenvalue weighted by Gasteiger charge is 2.15. The summed E-state index contributed by atoms with van der Waals surface area (Å²) >= 11 is 3.38. The molecule has 2 heterocycles. The van der Waals surface area contributed by atoms with Crippen LogP contribution < -0.4 is 0 Å². The third kappa shape index (κ3) is 4.71. The van der Waals surface area contributed by atoms with Crippen LogP contribution in [0.2, 0.25) is 0 Å². The molecule has 0 N–H and O–H groups in total. The lowest BCUT2D eigenvalue weighted by Gasteiger charge is -2.16. The number of ether oxygens (including phenoxy) is 3. The molecule has 3 nitrogen and oxygen atoms in total. The minimum atomic E-state index is 0.0172. The fourth-order valence-electron chi connectivity index (χ4n) is 1.70. The molecule has 2 aromatic heterocycles. The van der Waals surface area contributed by atoms with Crippen molar-refractivity contribution in [3.8, 4) is 0 Å². The predicted molar refractivity (Wildman–Crippen MR) is 79.1 cm³/mol. The largest absolute Gasteiger partial charge is 0.382 e. The van der Waals surface area contributed by atoms with E-state index in [2.05, 4.69) is 33.7 Å². The molecule has 0 aliphatic carbocycles. The van der Waals surface area contributed by atoms with Gasteiger partial charge in [0.15, 0.2) is 0 Å². The van der Waals surface area contributed by atoms with Crippen LogP contribution in [0.25, 0.3) is 0 Å². The van der Waals surface area contributed by atoms with E-state index in [0.717, 1.165) is 0 Å². The first-order valence-corrected chi connectivity index (χ1v) is 8.03. The van der Waals surface area contributed by atoms with Crippen molar-refractivity contribution in [3.05, 3.63) is 44.8 Å².